The summed E-state index contributed by atoms with van der Waals surface area (Å²) < 4.78 is 22.2. The molecule has 0 N–H and O–H groups in total. The molecule has 0 amide bonds. The number of rotatable bonds is 11. The van der Waals surface area contributed by atoms with Gasteiger partial charge < -0.3 is 18.0 Å². The quantitative estimate of drug-likeness (QED) is 0.253. The van der Waals surface area contributed by atoms with Crippen LogP contribution in [0, 0.1) is 0 Å². The van der Waals surface area contributed by atoms with E-state index in [1.807, 2.05) is 13.8 Å². The van der Waals surface area contributed by atoms with E-state index in [9.17, 15) is 4.79 Å². The normalized spacial score (nSPS) is 11.4. The highest BCUT2D eigenvalue weighted by Gasteiger charge is 2.39. The van der Waals surface area contributed by atoms with Gasteiger partial charge >= 0.3 is 14.8 Å². The molecule has 0 bridgehead atoms. The summed E-state index contributed by atoms with van der Waals surface area (Å²) in [7, 11) is -2.61. The first-order valence-electron chi connectivity index (χ1n) is 6.75. The molecule has 19 heavy (non-hydrogen) atoms. The van der Waals surface area contributed by atoms with E-state index in [4.69, 9.17) is 18.0 Å². The fourth-order valence-electron chi connectivity index (χ4n) is 1.54. The van der Waals surface area contributed by atoms with Crippen LogP contribution in [-0.2, 0) is 22.8 Å². The Hall–Kier alpha value is -0.693. The molecule has 0 radical (unpaired) electrons. The van der Waals surface area contributed by atoms with Gasteiger partial charge in [-0.3, -0.25) is 0 Å². The topological polar surface area (TPSA) is 54.0 Å². The second-order valence-electron chi connectivity index (χ2n) is 4.06. The van der Waals surface area contributed by atoms with Gasteiger partial charge in [-0.2, -0.15) is 0 Å². The van der Waals surface area contributed by atoms with Crippen LogP contribution in [0.4, 0.5) is 0 Å². The minimum Gasteiger partial charge on any atom is -0.460 e. The molecule has 0 aliphatic carbocycles. The minimum atomic E-state index is -2.61. The van der Waals surface area contributed by atoms with Crippen LogP contribution in [0.1, 0.15) is 34.1 Å². The lowest BCUT2D eigenvalue weighted by Gasteiger charge is -2.28. The third-order valence-electron chi connectivity index (χ3n) is 2.27. The Balaban J connectivity index is 4.24. The average molecular weight is 290 g/mol. The van der Waals surface area contributed by atoms with E-state index in [2.05, 4.69) is 13.5 Å². The highest BCUT2D eigenvalue weighted by atomic mass is 28.4. The van der Waals surface area contributed by atoms with Gasteiger partial charge in [0.05, 0.1) is 6.61 Å². The van der Waals surface area contributed by atoms with E-state index in [0.717, 1.165) is 12.5 Å². The highest BCUT2D eigenvalue weighted by molar-refractivity contribution is 6.60. The van der Waals surface area contributed by atoms with Crippen molar-refractivity contribution in [1.82, 2.24) is 0 Å². The van der Waals surface area contributed by atoms with Crippen molar-refractivity contribution >= 4 is 14.8 Å². The maximum Gasteiger partial charge on any atom is 0.501 e. The number of hydrogen-bond acceptors (Lipinski definition) is 5. The van der Waals surface area contributed by atoms with Crippen molar-refractivity contribution in [3.8, 4) is 0 Å². The molecule has 0 saturated carbocycles. The van der Waals surface area contributed by atoms with Crippen LogP contribution in [0.25, 0.3) is 0 Å². The van der Waals surface area contributed by atoms with Gasteiger partial charge in [-0.15, -0.1) is 0 Å². The fourth-order valence-corrected chi connectivity index (χ4v) is 4.11. The SMILES string of the molecule is C=C(C)C(=O)OCCO[Si](CCC)(OCC)OCC. The molecule has 0 aromatic heterocycles. The first-order valence-corrected chi connectivity index (χ1v) is 8.69. The largest absolute Gasteiger partial charge is 0.501 e. The van der Waals surface area contributed by atoms with Gasteiger partial charge in [0, 0.05) is 24.8 Å². The van der Waals surface area contributed by atoms with Gasteiger partial charge in [0.25, 0.3) is 0 Å². The average Bonchev–Trinajstić information content (AvgIpc) is 2.35. The molecule has 0 heterocycles. The van der Waals surface area contributed by atoms with Crippen molar-refractivity contribution in [2.45, 2.75) is 40.2 Å². The number of carbonyl (C=O) groups excluding carboxylic acids is 1. The van der Waals surface area contributed by atoms with Crippen molar-refractivity contribution < 1.29 is 22.8 Å². The summed E-state index contributed by atoms with van der Waals surface area (Å²) in [5.41, 5.74) is 0.381. The maximum atomic E-state index is 11.2. The zero-order valence-electron chi connectivity index (χ0n) is 12.5. The second-order valence-corrected chi connectivity index (χ2v) is 6.80. The summed E-state index contributed by atoms with van der Waals surface area (Å²) in [6, 6.07) is 0.767. The van der Waals surface area contributed by atoms with Crippen LogP contribution in [0.5, 0.6) is 0 Å². The monoisotopic (exact) mass is 290 g/mol. The molecule has 0 unspecified atom stereocenters. The number of carbonyl (C=O) groups is 1. The number of esters is 1. The Morgan fingerprint density at radius 3 is 2.05 bits per heavy atom. The standard InChI is InChI=1S/C13H26O5Si/c1-6-11-19(16-7-2,17-8-3)18-10-9-15-13(14)12(4)5/h4,6-11H2,1-3,5H3. The second kappa shape index (κ2) is 10.1. The van der Waals surface area contributed by atoms with Crippen LogP contribution in [-0.4, -0.2) is 41.2 Å². The molecule has 0 saturated heterocycles. The summed E-state index contributed by atoms with van der Waals surface area (Å²) in [4.78, 5) is 11.2. The molecule has 0 rings (SSSR count). The van der Waals surface area contributed by atoms with Crippen LogP contribution < -0.4 is 0 Å². The van der Waals surface area contributed by atoms with Crippen LogP contribution in [0.2, 0.25) is 6.04 Å². The zero-order chi connectivity index (χ0) is 14.7. The summed E-state index contributed by atoms with van der Waals surface area (Å²) in [5.74, 6) is -0.404. The molecule has 0 aliphatic heterocycles. The molecule has 0 aliphatic rings. The first kappa shape index (κ1) is 18.3. The smallest absolute Gasteiger partial charge is 0.460 e. The van der Waals surface area contributed by atoms with E-state index in [1.54, 1.807) is 6.92 Å². The van der Waals surface area contributed by atoms with Crippen molar-refractivity contribution in [1.29, 1.82) is 0 Å². The van der Waals surface area contributed by atoms with Gasteiger partial charge in [0.1, 0.15) is 6.61 Å². The molecular formula is C13H26O5Si. The molecule has 0 fully saturated rings. The summed E-state index contributed by atoms with van der Waals surface area (Å²) in [5, 5.41) is 0. The molecule has 6 heteroatoms. The Morgan fingerprint density at radius 2 is 1.63 bits per heavy atom. The Morgan fingerprint density at radius 1 is 1.05 bits per heavy atom. The summed E-state index contributed by atoms with van der Waals surface area (Å²) >= 11 is 0. The summed E-state index contributed by atoms with van der Waals surface area (Å²) in [6.07, 6.45) is 0.928. The highest BCUT2D eigenvalue weighted by Crippen LogP contribution is 2.17. The van der Waals surface area contributed by atoms with E-state index in [1.165, 1.54) is 0 Å². The van der Waals surface area contributed by atoms with Crippen LogP contribution in [0.15, 0.2) is 12.2 Å². The van der Waals surface area contributed by atoms with Crippen molar-refractivity contribution in [3.05, 3.63) is 12.2 Å². The summed E-state index contributed by atoms with van der Waals surface area (Å²) in [6.45, 7) is 12.6. The maximum absolute atomic E-state index is 11.2. The van der Waals surface area contributed by atoms with E-state index < -0.39 is 14.8 Å². The van der Waals surface area contributed by atoms with E-state index in [0.29, 0.717) is 18.8 Å². The lowest BCUT2D eigenvalue weighted by atomic mass is 10.4. The van der Waals surface area contributed by atoms with E-state index >= 15 is 0 Å². The number of hydrogen-bond donors (Lipinski definition) is 0. The van der Waals surface area contributed by atoms with Gasteiger partial charge in [-0.25, -0.2) is 4.79 Å². The minimum absolute atomic E-state index is 0.185. The van der Waals surface area contributed by atoms with Crippen molar-refractivity contribution in [2.24, 2.45) is 0 Å². The predicted molar refractivity (Wildman–Crippen MR) is 75.8 cm³/mol. The van der Waals surface area contributed by atoms with E-state index in [-0.39, 0.29) is 13.2 Å². The molecular weight excluding hydrogens is 264 g/mol. The van der Waals surface area contributed by atoms with Crippen LogP contribution >= 0.6 is 0 Å². The molecule has 112 valence electrons. The lowest BCUT2D eigenvalue weighted by Crippen LogP contribution is -2.46. The molecule has 0 aromatic rings. The van der Waals surface area contributed by atoms with Gasteiger partial charge in [0.2, 0.25) is 0 Å². The number of ether oxygens (including phenoxy) is 1. The first-order chi connectivity index (χ1) is 9.01. The third-order valence-corrected chi connectivity index (χ3v) is 5.48. The van der Waals surface area contributed by atoms with Gasteiger partial charge in [0.15, 0.2) is 0 Å². The van der Waals surface area contributed by atoms with Gasteiger partial charge in [-0.1, -0.05) is 19.9 Å². The van der Waals surface area contributed by atoms with Crippen molar-refractivity contribution in [2.75, 3.05) is 26.4 Å². The predicted octanol–water partition coefficient (Wildman–Crippen LogP) is 2.54. The molecule has 0 spiro atoms. The Labute approximate surface area is 117 Å². The Kier molecular flexibility index (Phi) is 9.77. The molecule has 0 atom stereocenters. The fraction of sp³-hybridized carbons (Fsp3) is 0.769. The lowest BCUT2D eigenvalue weighted by molar-refractivity contribution is -0.140. The molecule has 5 nitrogen and oxygen atoms in total. The van der Waals surface area contributed by atoms with Crippen molar-refractivity contribution in [3.63, 3.8) is 0 Å². The van der Waals surface area contributed by atoms with Crippen LogP contribution in [0.3, 0.4) is 0 Å². The Bertz CT molecular complexity index is 263. The zero-order valence-corrected chi connectivity index (χ0v) is 13.5. The van der Waals surface area contributed by atoms with Gasteiger partial charge in [-0.05, 0) is 20.8 Å². The third kappa shape index (κ3) is 7.46. The molecule has 0 aromatic carbocycles.